The van der Waals surface area contributed by atoms with Crippen molar-refractivity contribution in [3.05, 3.63) is 71.1 Å². The van der Waals surface area contributed by atoms with Gasteiger partial charge in [0.2, 0.25) is 0 Å². The van der Waals surface area contributed by atoms with Crippen LogP contribution in [0.25, 0.3) is 0 Å². The van der Waals surface area contributed by atoms with E-state index in [0.29, 0.717) is 23.7 Å². The number of hydrogen-bond acceptors (Lipinski definition) is 4. The summed E-state index contributed by atoms with van der Waals surface area (Å²) in [5, 5.41) is 2.44. The lowest BCUT2D eigenvalue weighted by molar-refractivity contribution is 0.258. The first kappa shape index (κ1) is 20.0. The van der Waals surface area contributed by atoms with Crippen LogP contribution in [0, 0.1) is 11.6 Å². The standard InChI is InChI=1S/C21H18ClF2N5O/c1-28(21(30)27-19-15(22)11-25-12-17(19)24)14-7-8-26-18(10-14)29-9-3-5-13-4-2-6-16(23)20(13)29/h2,4,6-8,10-12H,3,5,9H2,1H3,(H,25,27,30). The van der Waals surface area contributed by atoms with E-state index in [9.17, 15) is 13.6 Å². The lowest BCUT2D eigenvalue weighted by Crippen LogP contribution is -2.32. The van der Waals surface area contributed by atoms with Gasteiger partial charge in [-0.3, -0.25) is 9.88 Å². The summed E-state index contributed by atoms with van der Waals surface area (Å²) in [7, 11) is 1.53. The van der Waals surface area contributed by atoms with E-state index in [1.54, 1.807) is 24.4 Å². The molecule has 0 fully saturated rings. The molecule has 0 spiro atoms. The fraction of sp³-hybridized carbons (Fsp3) is 0.190. The molecule has 154 valence electrons. The highest BCUT2D eigenvalue weighted by molar-refractivity contribution is 6.33. The van der Waals surface area contributed by atoms with E-state index in [1.165, 1.54) is 24.2 Å². The van der Waals surface area contributed by atoms with Gasteiger partial charge in [-0.25, -0.2) is 18.6 Å². The number of aromatic nitrogens is 2. The second-order valence-corrected chi connectivity index (χ2v) is 7.25. The Morgan fingerprint density at radius 3 is 2.87 bits per heavy atom. The normalized spacial score (nSPS) is 13.0. The van der Waals surface area contributed by atoms with Crippen LogP contribution in [0.15, 0.2) is 48.9 Å². The Labute approximate surface area is 177 Å². The maximum Gasteiger partial charge on any atom is 0.326 e. The maximum atomic E-state index is 14.5. The number of benzene rings is 1. The number of nitrogens with one attached hydrogen (secondary N) is 1. The first-order valence-corrected chi connectivity index (χ1v) is 9.68. The number of amides is 2. The average molecular weight is 430 g/mol. The third-order valence-corrected chi connectivity index (χ3v) is 5.24. The molecule has 2 aromatic heterocycles. The Morgan fingerprint density at radius 1 is 1.23 bits per heavy atom. The van der Waals surface area contributed by atoms with Crippen molar-refractivity contribution in [2.24, 2.45) is 0 Å². The lowest BCUT2D eigenvalue weighted by Gasteiger charge is -2.31. The average Bonchev–Trinajstić information content (AvgIpc) is 2.75. The summed E-state index contributed by atoms with van der Waals surface area (Å²) in [4.78, 5) is 23.7. The maximum absolute atomic E-state index is 14.5. The first-order valence-electron chi connectivity index (χ1n) is 9.30. The van der Waals surface area contributed by atoms with Crippen LogP contribution >= 0.6 is 11.6 Å². The summed E-state index contributed by atoms with van der Waals surface area (Å²) in [5.41, 5.74) is 1.78. The Kier molecular flexibility index (Phi) is 5.50. The molecule has 0 bridgehead atoms. The molecule has 6 nitrogen and oxygen atoms in total. The van der Waals surface area contributed by atoms with Crippen molar-refractivity contribution in [1.29, 1.82) is 0 Å². The smallest absolute Gasteiger partial charge is 0.324 e. The number of para-hydroxylation sites is 1. The van der Waals surface area contributed by atoms with E-state index in [4.69, 9.17) is 11.6 Å². The van der Waals surface area contributed by atoms with Gasteiger partial charge in [-0.1, -0.05) is 23.7 Å². The Morgan fingerprint density at radius 2 is 2.07 bits per heavy atom. The van der Waals surface area contributed by atoms with Gasteiger partial charge in [0.1, 0.15) is 17.3 Å². The molecular weight excluding hydrogens is 412 g/mol. The Balaban J connectivity index is 1.61. The second-order valence-electron chi connectivity index (χ2n) is 6.84. The van der Waals surface area contributed by atoms with Gasteiger partial charge in [0.25, 0.3) is 0 Å². The van der Waals surface area contributed by atoms with Crippen LogP contribution in [0.1, 0.15) is 12.0 Å². The van der Waals surface area contributed by atoms with Crippen molar-refractivity contribution in [2.45, 2.75) is 12.8 Å². The zero-order valence-electron chi connectivity index (χ0n) is 16.1. The van der Waals surface area contributed by atoms with E-state index in [-0.39, 0.29) is 16.5 Å². The molecule has 0 aliphatic carbocycles. The molecule has 3 heterocycles. The number of anilines is 4. The summed E-state index contributed by atoms with van der Waals surface area (Å²) >= 11 is 5.93. The fourth-order valence-corrected chi connectivity index (χ4v) is 3.63. The number of pyridine rings is 2. The molecule has 0 atom stereocenters. The number of halogens is 3. The highest BCUT2D eigenvalue weighted by atomic mass is 35.5. The molecule has 0 saturated carbocycles. The van der Waals surface area contributed by atoms with Gasteiger partial charge in [0, 0.05) is 32.1 Å². The van der Waals surface area contributed by atoms with Gasteiger partial charge >= 0.3 is 6.03 Å². The summed E-state index contributed by atoms with van der Waals surface area (Å²) in [5.74, 6) is -0.528. The molecule has 0 saturated heterocycles. The first-order chi connectivity index (χ1) is 14.5. The molecule has 1 aromatic carbocycles. The molecule has 1 aliphatic rings. The zero-order valence-corrected chi connectivity index (χ0v) is 16.8. The van der Waals surface area contributed by atoms with Gasteiger partial charge in [0.05, 0.1) is 22.6 Å². The highest BCUT2D eigenvalue weighted by Crippen LogP contribution is 2.35. The number of aryl methyl sites for hydroxylation is 1. The van der Waals surface area contributed by atoms with Gasteiger partial charge < -0.3 is 10.2 Å². The largest absolute Gasteiger partial charge is 0.326 e. The number of nitrogens with zero attached hydrogens (tertiary/aromatic N) is 4. The van der Waals surface area contributed by atoms with Gasteiger partial charge in [-0.2, -0.15) is 0 Å². The molecule has 1 aliphatic heterocycles. The minimum atomic E-state index is -0.736. The molecule has 9 heteroatoms. The summed E-state index contributed by atoms with van der Waals surface area (Å²) < 4.78 is 28.4. The number of rotatable bonds is 3. The van der Waals surface area contributed by atoms with Gasteiger partial charge in [0.15, 0.2) is 5.82 Å². The molecule has 1 N–H and O–H groups in total. The number of urea groups is 1. The van der Waals surface area contributed by atoms with E-state index in [2.05, 4.69) is 15.3 Å². The zero-order chi connectivity index (χ0) is 21.3. The topological polar surface area (TPSA) is 61.4 Å². The molecule has 4 rings (SSSR count). The van der Waals surface area contributed by atoms with Crippen molar-refractivity contribution in [2.75, 3.05) is 28.7 Å². The monoisotopic (exact) mass is 429 g/mol. The Bertz CT molecular complexity index is 1090. The summed E-state index contributed by atoms with van der Waals surface area (Å²) in [6.07, 6.45) is 5.41. The molecule has 2 amide bonds. The second kappa shape index (κ2) is 8.23. The Hall–Kier alpha value is -3.26. The van der Waals surface area contributed by atoms with E-state index in [0.717, 1.165) is 24.6 Å². The van der Waals surface area contributed by atoms with E-state index >= 15 is 0 Å². The molecule has 3 aromatic rings. The van der Waals surface area contributed by atoms with Crippen LogP contribution < -0.4 is 15.1 Å². The predicted molar refractivity (Wildman–Crippen MR) is 113 cm³/mol. The quantitative estimate of drug-likeness (QED) is 0.624. The summed E-state index contributed by atoms with van der Waals surface area (Å²) in [6.45, 7) is 0.609. The van der Waals surface area contributed by atoms with Crippen molar-refractivity contribution >= 4 is 40.5 Å². The van der Waals surface area contributed by atoms with Crippen LogP contribution in [0.3, 0.4) is 0 Å². The van der Waals surface area contributed by atoms with Gasteiger partial charge in [-0.05, 0) is 30.5 Å². The van der Waals surface area contributed by atoms with Crippen LogP contribution in [0.2, 0.25) is 5.02 Å². The van der Waals surface area contributed by atoms with Crippen LogP contribution in [0.4, 0.5) is 36.5 Å². The van der Waals surface area contributed by atoms with Crippen molar-refractivity contribution in [3.8, 4) is 0 Å². The lowest BCUT2D eigenvalue weighted by atomic mass is 10.0. The third kappa shape index (κ3) is 3.78. The summed E-state index contributed by atoms with van der Waals surface area (Å²) in [6, 6.07) is 7.76. The predicted octanol–water partition coefficient (Wildman–Crippen LogP) is 5.16. The van der Waals surface area contributed by atoms with Gasteiger partial charge in [-0.15, -0.1) is 0 Å². The molecule has 30 heavy (non-hydrogen) atoms. The van der Waals surface area contributed by atoms with E-state index in [1.807, 2.05) is 11.0 Å². The molecular formula is C21H18ClF2N5O. The van der Waals surface area contributed by atoms with Crippen LogP contribution in [-0.4, -0.2) is 29.6 Å². The number of fused-ring (bicyclic) bond motifs is 1. The van der Waals surface area contributed by atoms with Crippen molar-refractivity contribution < 1.29 is 13.6 Å². The molecule has 0 unspecified atom stereocenters. The van der Waals surface area contributed by atoms with Crippen molar-refractivity contribution in [3.63, 3.8) is 0 Å². The van der Waals surface area contributed by atoms with Crippen LogP contribution in [-0.2, 0) is 6.42 Å². The minimum absolute atomic E-state index is 0.00688. The fourth-order valence-electron chi connectivity index (χ4n) is 3.44. The highest BCUT2D eigenvalue weighted by Gasteiger charge is 2.24. The number of hydrogen-bond donors (Lipinski definition) is 1. The molecule has 0 radical (unpaired) electrons. The number of carbonyl (C=O) groups excluding carboxylic acids is 1. The van der Waals surface area contributed by atoms with E-state index < -0.39 is 11.8 Å². The minimum Gasteiger partial charge on any atom is -0.324 e. The number of carbonyl (C=O) groups is 1. The van der Waals surface area contributed by atoms with Crippen LogP contribution in [0.5, 0.6) is 0 Å². The van der Waals surface area contributed by atoms with Crippen molar-refractivity contribution in [1.82, 2.24) is 9.97 Å². The third-order valence-electron chi connectivity index (χ3n) is 4.95. The SMILES string of the molecule is CN(C(=O)Nc1c(F)cncc1Cl)c1ccnc(N2CCCc3cccc(F)c32)c1.